The second-order valence-electron chi connectivity index (χ2n) is 3.05. The molecule has 0 saturated carbocycles. The van der Waals surface area contributed by atoms with Crippen molar-refractivity contribution in [2.45, 2.75) is 19.8 Å². The van der Waals surface area contributed by atoms with Gasteiger partial charge in [-0.3, -0.25) is 0 Å². The van der Waals surface area contributed by atoms with E-state index in [1.165, 1.54) is 22.2 Å². The van der Waals surface area contributed by atoms with Crippen LogP contribution in [0.3, 0.4) is 0 Å². The van der Waals surface area contributed by atoms with Crippen LogP contribution in [-0.4, -0.2) is 4.98 Å². The van der Waals surface area contributed by atoms with Crippen LogP contribution in [0.15, 0.2) is 18.2 Å². The average molecular weight is 275 g/mol. The minimum atomic E-state index is 0. The van der Waals surface area contributed by atoms with E-state index >= 15 is 0 Å². The number of hydrogen-bond donors (Lipinski definition) is 1. The second kappa shape index (κ2) is 5.15. The van der Waals surface area contributed by atoms with E-state index in [0.717, 1.165) is 10.4 Å². The molecule has 1 heterocycles. The van der Waals surface area contributed by atoms with Crippen molar-refractivity contribution in [1.82, 2.24) is 4.98 Å². The molecule has 0 bridgehead atoms. The molecule has 0 unspecified atom stereocenters. The van der Waals surface area contributed by atoms with Gasteiger partial charge in [0.1, 0.15) is 0 Å². The second-order valence-corrected chi connectivity index (χ2v) is 4.77. The third kappa shape index (κ3) is 2.30. The standard InChI is InChI=1S/C10H11NS2.Zn/c1-2-4-7-5-3-6-8-9(7)11-10(12)13-8;/h3,5-6H,2,4H2,1H3,(H,11,12);. The van der Waals surface area contributed by atoms with E-state index in [2.05, 4.69) is 30.1 Å². The number of rotatable bonds is 2. The summed E-state index contributed by atoms with van der Waals surface area (Å²) in [6.45, 7) is 2.19. The fourth-order valence-electron chi connectivity index (χ4n) is 1.51. The van der Waals surface area contributed by atoms with Gasteiger partial charge in [0.2, 0.25) is 0 Å². The van der Waals surface area contributed by atoms with Gasteiger partial charge in [0.25, 0.3) is 0 Å². The number of thiazole rings is 1. The molecular formula is C10H11NS2Zn. The molecule has 0 spiro atoms. The van der Waals surface area contributed by atoms with Crippen LogP contribution in [0.25, 0.3) is 10.2 Å². The van der Waals surface area contributed by atoms with Crippen LogP contribution in [0.5, 0.6) is 0 Å². The van der Waals surface area contributed by atoms with Gasteiger partial charge >= 0.3 is 0 Å². The van der Waals surface area contributed by atoms with Crippen molar-refractivity contribution in [2.75, 3.05) is 0 Å². The van der Waals surface area contributed by atoms with E-state index < -0.39 is 0 Å². The average Bonchev–Trinajstić information content (AvgIpc) is 2.47. The van der Waals surface area contributed by atoms with Gasteiger partial charge in [-0.05, 0) is 30.3 Å². The third-order valence-electron chi connectivity index (χ3n) is 2.06. The Kier molecular flexibility index (Phi) is 4.43. The molecular weight excluding hydrogens is 264 g/mol. The van der Waals surface area contributed by atoms with Gasteiger partial charge in [0.05, 0.1) is 10.2 Å². The topological polar surface area (TPSA) is 15.8 Å². The smallest absolute Gasteiger partial charge is 0.159 e. The zero-order valence-corrected chi connectivity index (χ0v) is 12.8. The van der Waals surface area contributed by atoms with Gasteiger partial charge in [0.15, 0.2) is 3.95 Å². The molecule has 2 aromatic rings. The molecule has 0 aliphatic heterocycles. The molecule has 70 valence electrons. The minimum Gasteiger partial charge on any atom is -0.337 e. The summed E-state index contributed by atoms with van der Waals surface area (Å²) >= 11 is 6.77. The number of hydrogen-bond acceptors (Lipinski definition) is 2. The van der Waals surface area contributed by atoms with E-state index in [0.29, 0.717) is 0 Å². The van der Waals surface area contributed by atoms with Gasteiger partial charge in [-0.2, -0.15) is 0 Å². The van der Waals surface area contributed by atoms with E-state index in [-0.39, 0.29) is 19.5 Å². The number of aromatic nitrogens is 1. The minimum absolute atomic E-state index is 0. The summed E-state index contributed by atoms with van der Waals surface area (Å²) in [6.07, 6.45) is 2.30. The molecule has 14 heavy (non-hydrogen) atoms. The largest absolute Gasteiger partial charge is 0.337 e. The van der Waals surface area contributed by atoms with Crippen LogP contribution in [0, 0.1) is 3.95 Å². The molecule has 0 saturated heterocycles. The Labute approximate surface area is 105 Å². The Balaban J connectivity index is 0.000000980. The van der Waals surface area contributed by atoms with Crippen LogP contribution in [0.4, 0.5) is 0 Å². The van der Waals surface area contributed by atoms with Crippen LogP contribution < -0.4 is 0 Å². The molecule has 0 atom stereocenters. The predicted molar refractivity (Wildman–Crippen MR) is 61.0 cm³/mol. The first-order chi connectivity index (χ1) is 6.31. The number of H-pyrrole nitrogens is 1. The first-order valence-corrected chi connectivity index (χ1v) is 5.64. The van der Waals surface area contributed by atoms with Crippen molar-refractivity contribution in [1.29, 1.82) is 0 Å². The van der Waals surface area contributed by atoms with Crippen LogP contribution in [0.2, 0.25) is 0 Å². The van der Waals surface area contributed by atoms with E-state index in [1.54, 1.807) is 11.3 Å². The van der Waals surface area contributed by atoms with Gasteiger partial charge in [-0.25, -0.2) is 0 Å². The summed E-state index contributed by atoms with van der Waals surface area (Å²) in [5, 5.41) is 0. The van der Waals surface area contributed by atoms with Crippen molar-refractivity contribution in [2.24, 2.45) is 0 Å². The fourth-order valence-corrected chi connectivity index (χ4v) is 2.66. The maximum Gasteiger partial charge on any atom is 0.159 e. The molecule has 1 nitrogen and oxygen atoms in total. The van der Waals surface area contributed by atoms with Crippen LogP contribution in [-0.2, 0) is 25.9 Å². The SMILES string of the molecule is CCCc1cccc2sc(=S)[nH]c12.[Zn]. The summed E-state index contributed by atoms with van der Waals surface area (Å²) in [6, 6.07) is 6.39. The maximum absolute atomic E-state index is 5.12. The summed E-state index contributed by atoms with van der Waals surface area (Å²) in [5.41, 5.74) is 2.62. The zero-order valence-electron chi connectivity index (χ0n) is 8.17. The van der Waals surface area contributed by atoms with Gasteiger partial charge in [-0.1, -0.05) is 25.5 Å². The fraction of sp³-hybridized carbons (Fsp3) is 0.300. The Morgan fingerprint density at radius 1 is 1.43 bits per heavy atom. The van der Waals surface area contributed by atoms with Gasteiger partial charge in [-0.15, -0.1) is 11.3 Å². The van der Waals surface area contributed by atoms with Crippen LogP contribution in [0.1, 0.15) is 18.9 Å². The molecule has 1 aromatic carbocycles. The zero-order chi connectivity index (χ0) is 9.26. The number of benzene rings is 1. The Morgan fingerprint density at radius 3 is 2.93 bits per heavy atom. The summed E-state index contributed by atoms with van der Waals surface area (Å²) in [5.74, 6) is 0. The maximum atomic E-state index is 5.12. The first kappa shape index (κ1) is 12.0. The van der Waals surface area contributed by atoms with Crippen molar-refractivity contribution < 1.29 is 19.5 Å². The van der Waals surface area contributed by atoms with Crippen LogP contribution >= 0.6 is 23.6 Å². The summed E-state index contributed by atoms with van der Waals surface area (Å²) in [7, 11) is 0. The van der Waals surface area contributed by atoms with Crippen molar-refractivity contribution in [3.8, 4) is 0 Å². The summed E-state index contributed by atoms with van der Waals surface area (Å²) in [4.78, 5) is 3.25. The number of para-hydroxylation sites is 1. The Hall–Kier alpha value is -0.0466. The molecule has 2 rings (SSSR count). The van der Waals surface area contributed by atoms with Gasteiger partial charge in [0, 0.05) is 19.5 Å². The molecule has 0 fully saturated rings. The van der Waals surface area contributed by atoms with Gasteiger partial charge < -0.3 is 4.98 Å². The van der Waals surface area contributed by atoms with E-state index in [4.69, 9.17) is 12.2 Å². The third-order valence-corrected chi connectivity index (χ3v) is 3.26. The summed E-state index contributed by atoms with van der Waals surface area (Å²) < 4.78 is 2.15. The first-order valence-electron chi connectivity index (χ1n) is 4.42. The Bertz CT molecular complexity index is 472. The molecule has 4 heteroatoms. The number of aryl methyl sites for hydroxylation is 1. The quantitative estimate of drug-likeness (QED) is 0.648. The monoisotopic (exact) mass is 273 g/mol. The van der Waals surface area contributed by atoms with E-state index in [1.807, 2.05) is 0 Å². The predicted octanol–water partition coefficient (Wildman–Crippen LogP) is 3.91. The molecule has 0 amide bonds. The molecule has 1 aromatic heterocycles. The van der Waals surface area contributed by atoms with Crippen molar-refractivity contribution >= 4 is 33.8 Å². The number of aromatic amines is 1. The molecule has 0 aliphatic rings. The number of fused-ring (bicyclic) bond motifs is 1. The van der Waals surface area contributed by atoms with E-state index in [9.17, 15) is 0 Å². The molecule has 1 N–H and O–H groups in total. The van der Waals surface area contributed by atoms with Crippen molar-refractivity contribution in [3.05, 3.63) is 27.7 Å². The normalized spacial score (nSPS) is 10.1. The number of nitrogens with one attached hydrogen (secondary N) is 1. The molecule has 0 aliphatic carbocycles. The van der Waals surface area contributed by atoms with Crippen molar-refractivity contribution in [3.63, 3.8) is 0 Å². The Morgan fingerprint density at radius 2 is 2.21 bits per heavy atom. The molecule has 0 radical (unpaired) electrons.